The van der Waals surface area contributed by atoms with Crippen molar-refractivity contribution in [2.75, 3.05) is 0 Å². The molecule has 0 saturated carbocycles. The summed E-state index contributed by atoms with van der Waals surface area (Å²) in [6, 6.07) is 47.8. The predicted molar refractivity (Wildman–Crippen MR) is 243 cm³/mol. The summed E-state index contributed by atoms with van der Waals surface area (Å²) in [5.74, 6) is 0. The fourth-order valence-electron chi connectivity index (χ4n) is 10.5. The van der Waals surface area contributed by atoms with E-state index in [9.17, 15) is 0 Å². The average Bonchev–Trinajstić information content (AvgIpc) is 3.51. The molecule has 2 aliphatic rings. The zero-order chi connectivity index (χ0) is 37.7. The van der Waals surface area contributed by atoms with Gasteiger partial charge in [-0.05, 0) is 111 Å². The number of benzene rings is 8. The molecule has 0 aromatic heterocycles. The first-order chi connectivity index (χ1) is 25.6. The molecule has 268 valence electrons. The Morgan fingerprint density at radius 3 is 1.09 bits per heavy atom. The SMILES string of the molecule is CC1(C)c2ccccc2-c2ccc(-c3cc([Si](C)(C)C)c4ccc5c(-c6ccc7c(c6)C(C)(C)c6ccccc6-7)cc([Si](C)(C)C)c6ccc3c4c56)cc21.[2H-]. The summed E-state index contributed by atoms with van der Waals surface area (Å²) in [6.45, 7) is 24.7. The van der Waals surface area contributed by atoms with E-state index < -0.39 is 16.1 Å². The molecular formula is C52H51Si2-. The average molecular weight is 733 g/mol. The topological polar surface area (TPSA) is 0 Å². The third-order valence-corrected chi connectivity index (χ3v) is 17.4. The highest BCUT2D eigenvalue weighted by molar-refractivity contribution is 6.91. The van der Waals surface area contributed by atoms with Crippen LogP contribution in [0.25, 0.3) is 76.8 Å². The normalized spacial score (nSPS) is 15.5. The van der Waals surface area contributed by atoms with Gasteiger partial charge in [0.25, 0.3) is 0 Å². The summed E-state index contributed by atoms with van der Waals surface area (Å²) in [5.41, 5.74) is 16.6. The van der Waals surface area contributed by atoms with E-state index in [0.717, 1.165) is 0 Å². The van der Waals surface area contributed by atoms with Gasteiger partial charge in [0.2, 0.25) is 0 Å². The van der Waals surface area contributed by atoms with Gasteiger partial charge in [0, 0.05) is 10.8 Å². The summed E-state index contributed by atoms with van der Waals surface area (Å²) in [7, 11) is -3.54. The Balaban J connectivity index is 0.00000397. The Kier molecular flexibility index (Phi) is 6.84. The van der Waals surface area contributed by atoms with Gasteiger partial charge in [-0.1, -0.05) is 187 Å². The summed E-state index contributed by atoms with van der Waals surface area (Å²) >= 11 is 0. The Morgan fingerprint density at radius 2 is 0.704 bits per heavy atom. The van der Waals surface area contributed by atoms with Gasteiger partial charge in [0.05, 0.1) is 16.1 Å². The van der Waals surface area contributed by atoms with Crippen LogP contribution in [0.1, 0.15) is 51.4 Å². The van der Waals surface area contributed by atoms with E-state index in [4.69, 9.17) is 0 Å². The summed E-state index contributed by atoms with van der Waals surface area (Å²) in [4.78, 5) is 0. The molecule has 2 heteroatoms. The number of fused-ring (bicyclic) bond motifs is 6. The second-order valence-electron chi connectivity index (χ2n) is 19.4. The monoisotopic (exact) mass is 732 g/mol. The van der Waals surface area contributed by atoms with Crippen LogP contribution in [0.15, 0.2) is 121 Å². The number of rotatable bonds is 4. The van der Waals surface area contributed by atoms with E-state index in [1.807, 2.05) is 0 Å². The third kappa shape index (κ3) is 4.53. The van der Waals surface area contributed by atoms with Crippen molar-refractivity contribution >= 4 is 58.8 Å². The number of hydrogen-bond donors (Lipinski definition) is 0. The Hall–Kier alpha value is -4.77. The van der Waals surface area contributed by atoms with Gasteiger partial charge in [-0.25, -0.2) is 0 Å². The first kappa shape index (κ1) is 33.8. The largest absolute Gasteiger partial charge is 1.00 e. The molecule has 10 rings (SSSR count). The maximum atomic E-state index is 2.59. The maximum Gasteiger partial charge on any atom is 0.0784 e. The van der Waals surface area contributed by atoms with Gasteiger partial charge in [0.1, 0.15) is 0 Å². The molecule has 0 aliphatic heterocycles. The van der Waals surface area contributed by atoms with Gasteiger partial charge in [-0.15, -0.1) is 0 Å². The van der Waals surface area contributed by atoms with Crippen molar-refractivity contribution in [1.29, 1.82) is 0 Å². The highest BCUT2D eigenvalue weighted by Gasteiger charge is 2.37. The van der Waals surface area contributed by atoms with E-state index in [1.165, 1.54) is 99.1 Å². The van der Waals surface area contributed by atoms with Gasteiger partial charge < -0.3 is 1.43 Å². The summed E-state index contributed by atoms with van der Waals surface area (Å²) in [6.07, 6.45) is 0. The molecule has 0 atom stereocenters. The molecule has 2 aliphatic carbocycles. The molecule has 0 unspecified atom stereocenters. The van der Waals surface area contributed by atoms with Gasteiger partial charge in [-0.2, -0.15) is 0 Å². The summed E-state index contributed by atoms with van der Waals surface area (Å²) < 4.78 is 0. The lowest BCUT2D eigenvalue weighted by atomic mass is 9.80. The minimum Gasteiger partial charge on any atom is -1.00 e. The van der Waals surface area contributed by atoms with Crippen LogP contribution in [0.3, 0.4) is 0 Å². The molecule has 0 bridgehead atoms. The van der Waals surface area contributed by atoms with Gasteiger partial charge in [0.15, 0.2) is 0 Å². The molecule has 0 heterocycles. The second-order valence-corrected chi connectivity index (χ2v) is 29.5. The van der Waals surface area contributed by atoms with Crippen LogP contribution in [0.4, 0.5) is 0 Å². The van der Waals surface area contributed by atoms with Crippen molar-refractivity contribution in [2.45, 2.75) is 77.8 Å². The fourth-order valence-corrected chi connectivity index (χ4v) is 13.6. The lowest BCUT2D eigenvalue weighted by Crippen LogP contribution is -2.39. The zero-order valence-corrected chi connectivity index (χ0v) is 35.5. The maximum absolute atomic E-state index is 2.59. The van der Waals surface area contributed by atoms with E-state index in [-0.39, 0.29) is 12.3 Å². The molecule has 0 fully saturated rings. The van der Waals surface area contributed by atoms with E-state index in [2.05, 4.69) is 188 Å². The molecular weight excluding hydrogens is 681 g/mol. The zero-order valence-electron chi connectivity index (χ0n) is 34.5. The van der Waals surface area contributed by atoms with Crippen molar-refractivity contribution in [3.63, 3.8) is 0 Å². The van der Waals surface area contributed by atoms with Crippen LogP contribution in [-0.4, -0.2) is 16.1 Å². The molecule has 54 heavy (non-hydrogen) atoms. The molecule has 0 nitrogen and oxygen atoms in total. The van der Waals surface area contributed by atoms with Crippen LogP contribution in [0, 0.1) is 0 Å². The smallest absolute Gasteiger partial charge is 0.0784 e. The predicted octanol–water partition coefficient (Wildman–Crippen LogP) is 13.7. The van der Waals surface area contributed by atoms with Crippen molar-refractivity contribution in [3.8, 4) is 44.5 Å². The van der Waals surface area contributed by atoms with Crippen LogP contribution >= 0.6 is 0 Å². The minimum atomic E-state index is -1.77. The lowest BCUT2D eigenvalue weighted by molar-refractivity contribution is 0.660. The van der Waals surface area contributed by atoms with Crippen LogP contribution < -0.4 is 10.4 Å². The highest BCUT2D eigenvalue weighted by Crippen LogP contribution is 2.52. The van der Waals surface area contributed by atoms with Crippen molar-refractivity contribution < 1.29 is 1.43 Å². The molecule has 0 saturated heterocycles. The van der Waals surface area contributed by atoms with E-state index in [0.29, 0.717) is 0 Å². The lowest BCUT2D eigenvalue weighted by Gasteiger charge is -2.28. The molecule has 0 amide bonds. The molecule has 0 spiro atoms. The first-order valence-electron chi connectivity index (χ1n) is 19.9. The molecule has 0 N–H and O–H groups in total. The first-order valence-corrected chi connectivity index (χ1v) is 26.9. The standard InChI is InChI=1S/C52H50Si2.H/c1-51(2)43-17-13-11-15-33(43)35-21-19-31(27-45(35)51)41-29-47(53(5,6)7)39-26-24-38-42(30-48(54(8,9)10)40-25-23-37(41)49(39)50(38)40)32-20-22-36-34-16-12-14-18-44(34)52(3,4)46(36)28-32;/h11-30H,1-10H3;/q;-1/i;1+1. The van der Waals surface area contributed by atoms with Crippen LogP contribution in [0.2, 0.25) is 39.3 Å². The third-order valence-electron chi connectivity index (χ3n) is 13.3. The molecule has 8 aromatic carbocycles. The summed E-state index contributed by atoms with van der Waals surface area (Å²) in [5, 5.41) is 11.7. The fraction of sp³-hybridized carbons (Fsp3) is 0.231. The van der Waals surface area contributed by atoms with Gasteiger partial charge >= 0.3 is 0 Å². The minimum absolute atomic E-state index is 0. The quantitative estimate of drug-likeness (QED) is 0.125. The van der Waals surface area contributed by atoms with Crippen LogP contribution in [0.5, 0.6) is 0 Å². The highest BCUT2D eigenvalue weighted by atomic mass is 28.3. The molecule has 0 radical (unpaired) electrons. The Morgan fingerprint density at radius 1 is 0.352 bits per heavy atom. The van der Waals surface area contributed by atoms with Crippen molar-refractivity contribution in [2.24, 2.45) is 0 Å². The van der Waals surface area contributed by atoms with Gasteiger partial charge in [-0.3, -0.25) is 0 Å². The van der Waals surface area contributed by atoms with Crippen LogP contribution in [-0.2, 0) is 10.8 Å². The van der Waals surface area contributed by atoms with Crippen molar-refractivity contribution in [1.82, 2.24) is 0 Å². The second kappa shape index (κ2) is 10.9. The Labute approximate surface area is 324 Å². The Bertz CT molecular complexity index is 2700. The number of hydrogen-bond acceptors (Lipinski definition) is 0. The van der Waals surface area contributed by atoms with Crippen molar-refractivity contribution in [3.05, 3.63) is 144 Å². The van der Waals surface area contributed by atoms with E-state index in [1.54, 1.807) is 10.4 Å². The molecule has 8 aromatic rings. The van der Waals surface area contributed by atoms with E-state index >= 15 is 0 Å².